The van der Waals surface area contributed by atoms with Crippen molar-refractivity contribution in [3.05, 3.63) is 53.9 Å². The minimum absolute atomic E-state index is 0.0735. The summed E-state index contributed by atoms with van der Waals surface area (Å²) in [5.74, 6) is -0.0735. The molecular formula is C17H21FO. The zero-order chi connectivity index (χ0) is 13.7. The molecule has 1 nitrogen and oxygen atoms in total. The molecule has 0 N–H and O–H groups in total. The van der Waals surface area contributed by atoms with Gasteiger partial charge in [0.15, 0.2) is 0 Å². The van der Waals surface area contributed by atoms with Gasteiger partial charge in [0, 0.05) is 18.6 Å². The van der Waals surface area contributed by atoms with Gasteiger partial charge in [0.25, 0.3) is 0 Å². The SMILES string of the molecule is CCCC1(OCC)C=CC(c2ccccc2)=C(F)C1. The summed E-state index contributed by atoms with van der Waals surface area (Å²) < 4.78 is 20.2. The van der Waals surface area contributed by atoms with Crippen LogP contribution >= 0.6 is 0 Å². The summed E-state index contributed by atoms with van der Waals surface area (Å²) in [6.07, 6.45) is 6.09. The van der Waals surface area contributed by atoms with Crippen LogP contribution in [0.2, 0.25) is 0 Å². The predicted octanol–water partition coefficient (Wildman–Crippen LogP) is 4.90. The van der Waals surface area contributed by atoms with Gasteiger partial charge in [-0.2, -0.15) is 0 Å². The monoisotopic (exact) mass is 260 g/mol. The van der Waals surface area contributed by atoms with Crippen molar-refractivity contribution in [1.82, 2.24) is 0 Å². The van der Waals surface area contributed by atoms with Crippen molar-refractivity contribution in [2.24, 2.45) is 0 Å². The van der Waals surface area contributed by atoms with E-state index in [1.165, 1.54) is 0 Å². The Morgan fingerprint density at radius 3 is 2.53 bits per heavy atom. The highest BCUT2D eigenvalue weighted by atomic mass is 19.1. The molecule has 102 valence electrons. The zero-order valence-corrected chi connectivity index (χ0v) is 11.7. The second-order valence-electron chi connectivity index (χ2n) is 4.94. The summed E-state index contributed by atoms with van der Waals surface area (Å²) in [6, 6.07) is 9.68. The fraction of sp³-hybridized carbons (Fsp3) is 0.412. The first-order chi connectivity index (χ1) is 9.21. The molecule has 0 amide bonds. The fourth-order valence-electron chi connectivity index (χ4n) is 2.67. The van der Waals surface area contributed by atoms with Gasteiger partial charge in [-0.3, -0.25) is 0 Å². The molecule has 1 aromatic carbocycles. The Labute approximate surface area is 114 Å². The maximum Gasteiger partial charge on any atom is 0.111 e. The highest BCUT2D eigenvalue weighted by Crippen LogP contribution is 2.37. The van der Waals surface area contributed by atoms with E-state index in [0.29, 0.717) is 18.6 Å². The second-order valence-corrected chi connectivity index (χ2v) is 4.94. The van der Waals surface area contributed by atoms with Crippen LogP contribution in [0.5, 0.6) is 0 Å². The molecule has 0 aliphatic heterocycles. The molecule has 0 radical (unpaired) electrons. The van der Waals surface area contributed by atoms with E-state index in [-0.39, 0.29) is 5.83 Å². The van der Waals surface area contributed by atoms with Crippen LogP contribution in [0.3, 0.4) is 0 Å². The highest BCUT2D eigenvalue weighted by molar-refractivity contribution is 5.77. The zero-order valence-electron chi connectivity index (χ0n) is 11.7. The van der Waals surface area contributed by atoms with E-state index in [9.17, 15) is 4.39 Å². The molecule has 1 aliphatic carbocycles. The lowest BCUT2D eigenvalue weighted by molar-refractivity contribution is -0.0114. The molecule has 0 saturated carbocycles. The minimum atomic E-state index is -0.453. The Balaban J connectivity index is 2.26. The van der Waals surface area contributed by atoms with Gasteiger partial charge < -0.3 is 4.74 Å². The standard InChI is InChI=1S/C17H21FO/c1-3-11-17(19-4-2)12-10-15(16(18)13-17)14-8-6-5-7-9-14/h5-10,12H,3-4,11,13H2,1-2H3. The van der Waals surface area contributed by atoms with E-state index in [4.69, 9.17) is 4.74 Å². The molecule has 2 rings (SSSR count). The van der Waals surface area contributed by atoms with Crippen molar-refractivity contribution < 1.29 is 9.13 Å². The highest BCUT2D eigenvalue weighted by Gasteiger charge is 2.32. The molecular weight excluding hydrogens is 239 g/mol. The topological polar surface area (TPSA) is 9.23 Å². The van der Waals surface area contributed by atoms with E-state index < -0.39 is 5.60 Å². The predicted molar refractivity (Wildman–Crippen MR) is 77.5 cm³/mol. The molecule has 19 heavy (non-hydrogen) atoms. The first-order valence-corrected chi connectivity index (χ1v) is 6.98. The summed E-state index contributed by atoms with van der Waals surface area (Å²) in [5.41, 5.74) is 1.16. The van der Waals surface area contributed by atoms with Crippen molar-refractivity contribution in [2.75, 3.05) is 6.61 Å². The van der Waals surface area contributed by atoms with Crippen LogP contribution in [0.25, 0.3) is 5.57 Å². The molecule has 0 spiro atoms. The van der Waals surface area contributed by atoms with Crippen LogP contribution in [-0.2, 0) is 4.74 Å². The Morgan fingerprint density at radius 2 is 1.95 bits per heavy atom. The van der Waals surface area contributed by atoms with Gasteiger partial charge in [0.1, 0.15) is 5.83 Å². The number of ether oxygens (including phenoxy) is 1. The maximum atomic E-state index is 14.4. The van der Waals surface area contributed by atoms with Crippen LogP contribution in [0.15, 0.2) is 48.3 Å². The summed E-state index contributed by atoms with van der Waals surface area (Å²) in [4.78, 5) is 0. The molecule has 1 aromatic rings. The van der Waals surface area contributed by atoms with Crippen molar-refractivity contribution >= 4 is 5.57 Å². The smallest absolute Gasteiger partial charge is 0.111 e. The molecule has 0 fully saturated rings. The minimum Gasteiger partial charge on any atom is -0.371 e. The van der Waals surface area contributed by atoms with Gasteiger partial charge in [-0.1, -0.05) is 55.8 Å². The van der Waals surface area contributed by atoms with E-state index in [1.807, 2.05) is 49.4 Å². The van der Waals surface area contributed by atoms with Crippen molar-refractivity contribution in [1.29, 1.82) is 0 Å². The van der Waals surface area contributed by atoms with E-state index in [2.05, 4.69) is 6.92 Å². The number of allylic oxidation sites excluding steroid dienone is 2. The maximum absolute atomic E-state index is 14.4. The first-order valence-electron chi connectivity index (χ1n) is 6.98. The lowest BCUT2D eigenvalue weighted by Crippen LogP contribution is -2.32. The molecule has 1 atom stereocenters. The van der Waals surface area contributed by atoms with Crippen LogP contribution in [0, 0.1) is 0 Å². The van der Waals surface area contributed by atoms with E-state index in [0.717, 1.165) is 18.4 Å². The largest absolute Gasteiger partial charge is 0.371 e. The van der Waals surface area contributed by atoms with Gasteiger partial charge in [0.05, 0.1) is 5.60 Å². The second kappa shape index (κ2) is 6.16. The number of benzene rings is 1. The summed E-state index contributed by atoms with van der Waals surface area (Å²) >= 11 is 0. The van der Waals surface area contributed by atoms with Gasteiger partial charge in [-0.15, -0.1) is 0 Å². The molecule has 2 heteroatoms. The Kier molecular flexibility index (Phi) is 4.54. The lowest BCUT2D eigenvalue weighted by atomic mass is 9.85. The van der Waals surface area contributed by atoms with Gasteiger partial charge in [-0.05, 0) is 18.9 Å². The Bertz CT molecular complexity index is 467. The van der Waals surface area contributed by atoms with Crippen LogP contribution in [-0.4, -0.2) is 12.2 Å². The number of hydrogen-bond acceptors (Lipinski definition) is 1. The fourth-order valence-corrected chi connectivity index (χ4v) is 2.67. The van der Waals surface area contributed by atoms with Gasteiger partial charge in [0.2, 0.25) is 0 Å². The number of halogens is 1. The van der Waals surface area contributed by atoms with Crippen LogP contribution in [0.4, 0.5) is 4.39 Å². The molecule has 0 saturated heterocycles. The first kappa shape index (κ1) is 14.0. The third-order valence-corrected chi connectivity index (χ3v) is 3.49. The molecule has 0 heterocycles. The van der Waals surface area contributed by atoms with Gasteiger partial charge in [-0.25, -0.2) is 4.39 Å². The van der Waals surface area contributed by atoms with Crippen molar-refractivity contribution in [3.8, 4) is 0 Å². The quantitative estimate of drug-likeness (QED) is 0.731. The Morgan fingerprint density at radius 1 is 1.21 bits per heavy atom. The number of rotatable bonds is 5. The normalized spacial score (nSPS) is 22.9. The molecule has 1 unspecified atom stereocenters. The summed E-state index contributed by atoms with van der Waals surface area (Å²) in [6.45, 7) is 4.67. The van der Waals surface area contributed by atoms with Crippen LogP contribution < -0.4 is 0 Å². The molecule has 0 bridgehead atoms. The third-order valence-electron chi connectivity index (χ3n) is 3.49. The van der Waals surface area contributed by atoms with Crippen molar-refractivity contribution in [3.63, 3.8) is 0 Å². The average Bonchev–Trinajstić information content (AvgIpc) is 2.40. The van der Waals surface area contributed by atoms with Crippen LogP contribution in [0.1, 0.15) is 38.7 Å². The van der Waals surface area contributed by atoms with Crippen molar-refractivity contribution in [2.45, 2.75) is 38.7 Å². The average molecular weight is 260 g/mol. The van der Waals surface area contributed by atoms with E-state index in [1.54, 1.807) is 0 Å². The number of hydrogen-bond donors (Lipinski definition) is 0. The molecule has 0 aromatic heterocycles. The lowest BCUT2D eigenvalue weighted by Gasteiger charge is -2.33. The molecule has 1 aliphatic rings. The van der Waals surface area contributed by atoms with E-state index >= 15 is 0 Å². The Hall–Kier alpha value is -1.41. The summed E-state index contributed by atoms with van der Waals surface area (Å²) in [7, 11) is 0. The summed E-state index contributed by atoms with van der Waals surface area (Å²) in [5, 5.41) is 0. The third kappa shape index (κ3) is 3.13. The van der Waals surface area contributed by atoms with Gasteiger partial charge >= 0.3 is 0 Å².